The van der Waals surface area contributed by atoms with Crippen LogP contribution in [0.25, 0.3) is 0 Å². The molecule has 0 bridgehead atoms. The Hall–Kier alpha value is -0.350. The minimum Gasteiger partial charge on any atom is -0.309 e. The molecule has 1 atom stereocenters. The van der Waals surface area contributed by atoms with Crippen LogP contribution in [0.15, 0.2) is 28.7 Å². The number of hydrogen-bond donors (Lipinski definition) is 1. The van der Waals surface area contributed by atoms with Crippen LogP contribution in [0, 0.1) is 13.8 Å². The molecule has 1 aromatic carbocycles. The first kappa shape index (κ1) is 14.1. The molecule has 18 heavy (non-hydrogen) atoms. The van der Waals surface area contributed by atoms with E-state index in [2.05, 4.69) is 47.2 Å². The Kier molecular flexibility index (Phi) is 4.49. The Morgan fingerprint density at radius 3 is 2.56 bits per heavy atom. The maximum Gasteiger partial charge on any atom is 0.0686 e. The predicted molar refractivity (Wildman–Crippen MR) is 83.8 cm³/mol. The van der Waals surface area contributed by atoms with Crippen molar-refractivity contribution in [2.75, 3.05) is 7.05 Å². The molecular weight excluding hydrogens is 330 g/mol. The van der Waals surface area contributed by atoms with E-state index in [-0.39, 0.29) is 6.04 Å². The van der Waals surface area contributed by atoms with Crippen molar-refractivity contribution < 1.29 is 0 Å². The number of aryl methyl sites for hydroxylation is 2. The molecule has 0 aliphatic heterocycles. The van der Waals surface area contributed by atoms with E-state index >= 15 is 0 Å². The molecule has 0 aliphatic rings. The second kappa shape index (κ2) is 5.74. The predicted octanol–water partition coefficient (Wildman–Crippen LogP) is 5.09. The third-order valence-corrected chi connectivity index (χ3v) is 4.95. The minimum absolute atomic E-state index is 0.147. The van der Waals surface area contributed by atoms with Gasteiger partial charge in [-0.3, -0.25) is 0 Å². The average molecular weight is 345 g/mol. The molecule has 2 aromatic rings. The molecule has 0 saturated carbocycles. The Labute approximate surface area is 125 Å². The van der Waals surface area contributed by atoms with Gasteiger partial charge in [-0.15, -0.1) is 11.3 Å². The summed E-state index contributed by atoms with van der Waals surface area (Å²) in [5.74, 6) is 0. The van der Waals surface area contributed by atoms with E-state index in [1.54, 1.807) is 0 Å². The first-order chi connectivity index (χ1) is 8.52. The Balaban J connectivity index is 2.51. The third kappa shape index (κ3) is 2.80. The van der Waals surface area contributed by atoms with Gasteiger partial charge in [-0.2, -0.15) is 0 Å². The van der Waals surface area contributed by atoms with Gasteiger partial charge in [0.2, 0.25) is 0 Å². The van der Waals surface area contributed by atoms with Crippen LogP contribution < -0.4 is 5.32 Å². The van der Waals surface area contributed by atoms with Crippen molar-refractivity contribution in [3.63, 3.8) is 0 Å². The standard InChI is InChI=1S/C14H15BrClNS/c1-8-6-9(2)18-14(8)13(17-3)11-7-10(15)4-5-12(11)16/h4-7,13,17H,1-3H3. The summed E-state index contributed by atoms with van der Waals surface area (Å²) in [6.07, 6.45) is 0. The van der Waals surface area contributed by atoms with Crippen LogP contribution in [0.4, 0.5) is 0 Å². The van der Waals surface area contributed by atoms with Gasteiger partial charge in [0, 0.05) is 19.2 Å². The van der Waals surface area contributed by atoms with Gasteiger partial charge < -0.3 is 5.32 Å². The first-order valence-electron chi connectivity index (χ1n) is 5.72. The number of hydrogen-bond acceptors (Lipinski definition) is 2. The van der Waals surface area contributed by atoms with Crippen molar-refractivity contribution in [3.05, 3.63) is 54.6 Å². The molecule has 1 unspecified atom stereocenters. The molecule has 2 rings (SSSR count). The highest BCUT2D eigenvalue weighted by Gasteiger charge is 2.19. The SMILES string of the molecule is CNC(c1cc(Br)ccc1Cl)c1sc(C)cc1C. The van der Waals surface area contributed by atoms with Crippen molar-refractivity contribution in [2.24, 2.45) is 0 Å². The van der Waals surface area contributed by atoms with Gasteiger partial charge in [0.25, 0.3) is 0 Å². The summed E-state index contributed by atoms with van der Waals surface area (Å²) < 4.78 is 1.05. The van der Waals surface area contributed by atoms with E-state index < -0.39 is 0 Å². The van der Waals surface area contributed by atoms with Gasteiger partial charge in [0.15, 0.2) is 0 Å². The minimum atomic E-state index is 0.147. The molecule has 0 radical (unpaired) electrons. The highest BCUT2D eigenvalue weighted by atomic mass is 79.9. The fourth-order valence-electron chi connectivity index (χ4n) is 2.11. The average Bonchev–Trinajstić information content (AvgIpc) is 2.64. The molecule has 0 fully saturated rings. The molecule has 1 aromatic heterocycles. The van der Waals surface area contributed by atoms with E-state index in [4.69, 9.17) is 11.6 Å². The van der Waals surface area contributed by atoms with E-state index in [9.17, 15) is 0 Å². The van der Waals surface area contributed by atoms with Crippen molar-refractivity contribution in [2.45, 2.75) is 19.9 Å². The number of nitrogens with one attached hydrogen (secondary N) is 1. The van der Waals surface area contributed by atoms with Crippen LogP contribution in [0.3, 0.4) is 0 Å². The van der Waals surface area contributed by atoms with Crippen molar-refractivity contribution in [1.29, 1.82) is 0 Å². The summed E-state index contributed by atoms with van der Waals surface area (Å²) in [6, 6.07) is 8.34. The smallest absolute Gasteiger partial charge is 0.0686 e. The number of halogens is 2. The molecule has 0 saturated heterocycles. The van der Waals surface area contributed by atoms with Gasteiger partial charge in [-0.25, -0.2) is 0 Å². The molecular formula is C14H15BrClNS. The maximum absolute atomic E-state index is 6.32. The van der Waals surface area contributed by atoms with Crippen LogP contribution in [0.1, 0.15) is 26.9 Å². The second-order valence-electron chi connectivity index (χ2n) is 4.29. The zero-order valence-corrected chi connectivity index (χ0v) is 13.7. The van der Waals surface area contributed by atoms with E-state index in [0.29, 0.717) is 0 Å². The van der Waals surface area contributed by atoms with Crippen LogP contribution in [0.2, 0.25) is 5.02 Å². The summed E-state index contributed by atoms with van der Waals surface area (Å²) in [5, 5.41) is 4.16. The highest BCUT2D eigenvalue weighted by molar-refractivity contribution is 9.10. The molecule has 0 aliphatic carbocycles. The van der Waals surface area contributed by atoms with E-state index in [1.165, 1.54) is 15.3 Å². The van der Waals surface area contributed by atoms with Crippen LogP contribution >= 0.6 is 38.9 Å². The van der Waals surface area contributed by atoms with Crippen LogP contribution in [0.5, 0.6) is 0 Å². The Morgan fingerprint density at radius 1 is 1.28 bits per heavy atom. The Morgan fingerprint density at radius 2 is 2.00 bits per heavy atom. The lowest BCUT2D eigenvalue weighted by Crippen LogP contribution is -2.17. The second-order valence-corrected chi connectivity index (χ2v) is 6.90. The lowest BCUT2D eigenvalue weighted by molar-refractivity contribution is 0.700. The summed E-state index contributed by atoms with van der Waals surface area (Å²) in [5.41, 5.74) is 2.42. The highest BCUT2D eigenvalue weighted by Crippen LogP contribution is 2.35. The fourth-order valence-corrected chi connectivity index (χ4v) is 3.88. The molecule has 1 heterocycles. The summed E-state index contributed by atoms with van der Waals surface area (Å²) in [7, 11) is 1.97. The monoisotopic (exact) mass is 343 g/mol. The zero-order valence-electron chi connectivity index (χ0n) is 10.6. The number of rotatable bonds is 3. The lowest BCUT2D eigenvalue weighted by Gasteiger charge is -2.18. The van der Waals surface area contributed by atoms with Gasteiger partial charge in [0.05, 0.1) is 6.04 Å². The lowest BCUT2D eigenvalue weighted by atomic mass is 10.0. The van der Waals surface area contributed by atoms with Gasteiger partial charge in [-0.1, -0.05) is 27.5 Å². The van der Waals surface area contributed by atoms with Crippen molar-refractivity contribution >= 4 is 38.9 Å². The van der Waals surface area contributed by atoms with Gasteiger partial charge >= 0.3 is 0 Å². The Bertz CT molecular complexity index is 565. The summed E-state index contributed by atoms with van der Waals surface area (Å²) >= 11 is 11.6. The van der Waals surface area contributed by atoms with Crippen molar-refractivity contribution in [1.82, 2.24) is 5.32 Å². The normalized spacial score (nSPS) is 12.7. The van der Waals surface area contributed by atoms with Crippen LogP contribution in [-0.4, -0.2) is 7.05 Å². The topological polar surface area (TPSA) is 12.0 Å². The zero-order chi connectivity index (χ0) is 13.3. The van der Waals surface area contributed by atoms with Gasteiger partial charge in [0.1, 0.15) is 0 Å². The van der Waals surface area contributed by atoms with Gasteiger partial charge in [-0.05, 0) is 56.3 Å². The summed E-state index contributed by atoms with van der Waals surface area (Å²) in [4.78, 5) is 2.66. The maximum atomic E-state index is 6.32. The third-order valence-electron chi connectivity index (χ3n) is 2.90. The molecule has 96 valence electrons. The number of thiophene rings is 1. The molecule has 1 nitrogen and oxygen atoms in total. The van der Waals surface area contributed by atoms with E-state index in [1.807, 2.05) is 30.5 Å². The van der Waals surface area contributed by atoms with Crippen molar-refractivity contribution in [3.8, 4) is 0 Å². The largest absolute Gasteiger partial charge is 0.309 e. The quantitative estimate of drug-likeness (QED) is 0.818. The van der Waals surface area contributed by atoms with E-state index in [0.717, 1.165) is 15.1 Å². The molecule has 0 amide bonds. The molecule has 0 spiro atoms. The van der Waals surface area contributed by atoms with Crippen LogP contribution in [-0.2, 0) is 0 Å². The number of benzene rings is 1. The molecule has 4 heteroatoms. The molecule has 1 N–H and O–H groups in total. The summed E-state index contributed by atoms with van der Waals surface area (Å²) in [6.45, 7) is 4.28. The first-order valence-corrected chi connectivity index (χ1v) is 7.71. The fraction of sp³-hybridized carbons (Fsp3) is 0.286.